The Morgan fingerprint density at radius 3 is 2.53 bits per heavy atom. The summed E-state index contributed by atoms with van der Waals surface area (Å²) in [5.74, 6) is 0.660. The molecule has 108 valence electrons. The largest absolute Gasteiger partial charge is 0.460 e. The highest BCUT2D eigenvalue weighted by Gasteiger charge is 2.17. The van der Waals surface area contributed by atoms with Gasteiger partial charge in [0.15, 0.2) is 0 Å². The van der Waals surface area contributed by atoms with Gasteiger partial charge in [-0.25, -0.2) is 4.79 Å². The lowest BCUT2D eigenvalue weighted by Gasteiger charge is -2.18. The van der Waals surface area contributed by atoms with Gasteiger partial charge in [0.1, 0.15) is 5.82 Å². The Balaban J connectivity index is 2.62. The Hall–Kier alpha value is -1.43. The number of carbonyl (C=O) groups excluding carboxylic acids is 1. The summed E-state index contributed by atoms with van der Waals surface area (Å²) in [6.07, 6.45) is 0.965. The average molecular weight is 268 g/mol. The van der Waals surface area contributed by atoms with Gasteiger partial charge in [0, 0.05) is 6.54 Å². The normalized spacial score (nSPS) is 11.0. The van der Waals surface area contributed by atoms with Crippen LogP contribution in [-0.4, -0.2) is 51.9 Å². The van der Waals surface area contributed by atoms with Crippen molar-refractivity contribution >= 4 is 5.97 Å². The molecule has 6 nitrogen and oxygen atoms in total. The predicted octanol–water partition coefficient (Wildman–Crippen LogP) is 1.50. The molecule has 19 heavy (non-hydrogen) atoms. The third-order valence-electron chi connectivity index (χ3n) is 3.14. The number of aryl methyl sites for hydroxylation is 1. The maximum atomic E-state index is 11.7. The van der Waals surface area contributed by atoms with Crippen molar-refractivity contribution in [2.24, 2.45) is 0 Å². The molecule has 0 aromatic carbocycles. The zero-order valence-corrected chi connectivity index (χ0v) is 12.3. The van der Waals surface area contributed by atoms with Crippen molar-refractivity contribution in [2.75, 3.05) is 26.2 Å². The van der Waals surface area contributed by atoms with Crippen LogP contribution in [-0.2, 0) is 11.3 Å². The Bertz CT molecular complexity index is 399. The van der Waals surface area contributed by atoms with Crippen LogP contribution in [0.2, 0.25) is 0 Å². The molecule has 1 aromatic rings. The number of hydrogen-bond donors (Lipinski definition) is 0. The fourth-order valence-corrected chi connectivity index (χ4v) is 1.99. The summed E-state index contributed by atoms with van der Waals surface area (Å²) in [7, 11) is 0. The van der Waals surface area contributed by atoms with Crippen LogP contribution < -0.4 is 0 Å². The number of aromatic nitrogens is 3. The Morgan fingerprint density at radius 2 is 1.95 bits per heavy atom. The van der Waals surface area contributed by atoms with E-state index in [1.165, 1.54) is 0 Å². The molecule has 0 N–H and O–H groups in total. The number of nitrogens with zero attached hydrogens (tertiary/aromatic N) is 4. The smallest absolute Gasteiger partial charge is 0.376 e. The fraction of sp³-hybridized carbons (Fsp3) is 0.769. The van der Waals surface area contributed by atoms with Gasteiger partial charge in [0.2, 0.25) is 5.82 Å². The predicted molar refractivity (Wildman–Crippen MR) is 73.1 cm³/mol. The van der Waals surface area contributed by atoms with E-state index in [9.17, 15) is 4.79 Å². The average Bonchev–Trinajstić information content (AvgIpc) is 2.77. The molecule has 1 aromatic heterocycles. The zero-order chi connectivity index (χ0) is 14.3. The van der Waals surface area contributed by atoms with Crippen LogP contribution in [0.15, 0.2) is 0 Å². The van der Waals surface area contributed by atoms with Crippen LogP contribution in [0.5, 0.6) is 0 Å². The molecule has 6 heteroatoms. The second-order valence-corrected chi connectivity index (χ2v) is 4.32. The summed E-state index contributed by atoms with van der Waals surface area (Å²) in [5.41, 5.74) is 0. The van der Waals surface area contributed by atoms with E-state index < -0.39 is 5.97 Å². The SMILES string of the molecule is CCOC(=O)c1nnc(C)n1CCCN(CC)CC. The van der Waals surface area contributed by atoms with Gasteiger partial charge in [-0.15, -0.1) is 10.2 Å². The van der Waals surface area contributed by atoms with E-state index in [0.29, 0.717) is 12.4 Å². The lowest BCUT2D eigenvalue weighted by atomic mass is 10.3. The van der Waals surface area contributed by atoms with Crippen LogP contribution in [0.25, 0.3) is 0 Å². The molecular weight excluding hydrogens is 244 g/mol. The Kier molecular flexibility index (Phi) is 6.49. The zero-order valence-electron chi connectivity index (χ0n) is 12.3. The monoisotopic (exact) mass is 268 g/mol. The van der Waals surface area contributed by atoms with Crippen LogP contribution in [0.3, 0.4) is 0 Å². The first-order valence-corrected chi connectivity index (χ1v) is 6.93. The molecular formula is C13H24N4O2. The molecule has 0 aliphatic rings. The van der Waals surface area contributed by atoms with Crippen LogP contribution in [0, 0.1) is 6.92 Å². The van der Waals surface area contributed by atoms with Crippen molar-refractivity contribution in [3.63, 3.8) is 0 Å². The third kappa shape index (κ3) is 4.31. The molecule has 1 heterocycles. The van der Waals surface area contributed by atoms with Crippen LogP contribution in [0.4, 0.5) is 0 Å². The molecule has 0 unspecified atom stereocenters. The summed E-state index contributed by atoms with van der Waals surface area (Å²) >= 11 is 0. The molecule has 1 rings (SSSR count). The number of carbonyl (C=O) groups is 1. The van der Waals surface area contributed by atoms with E-state index in [2.05, 4.69) is 28.9 Å². The van der Waals surface area contributed by atoms with Crippen molar-refractivity contribution in [2.45, 2.75) is 40.7 Å². The third-order valence-corrected chi connectivity index (χ3v) is 3.14. The van der Waals surface area contributed by atoms with Crippen molar-refractivity contribution in [3.05, 3.63) is 11.6 Å². The molecule has 0 saturated carbocycles. The molecule has 0 aliphatic carbocycles. The molecule has 0 amide bonds. The number of ether oxygens (including phenoxy) is 1. The lowest BCUT2D eigenvalue weighted by molar-refractivity contribution is 0.0505. The number of rotatable bonds is 8. The molecule has 0 radical (unpaired) electrons. The van der Waals surface area contributed by atoms with Gasteiger partial charge >= 0.3 is 5.97 Å². The first-order valence-electron chi connectivity index (χ1n) is 6.93. The van der Waals surface area contributed by atoms with E-state index in [-0.39, 0.29) is 0 Å². The van der Waals surface area contributed by atoms with Gasteiger partial charge in [0.25, 0.3) is 0 Å². The molecule has 0 aliphatic heterocycles. The quantitative estimate of drug-likeness (QED) is 0.669. The lowest BCUT2D eigenvalue weighted by Crippen LogP contribution is -2.25. The molecule has 0 spiro atoms. The minimum absolute atomic E-state index is 0.305. The Morgan fingerprint density at radius 1 is 1.26 bits per heavy atom. The number of hydrogen-bond acceptors (Lipinski definition) is 5. The van der Waals surface area contributed by atoms with Crippen molar-refractivity contribution in [1.29, 1.82) is 0 Å². The van der Waals surface area contributed by atoms with Gasteiger partial charge in [0.05, 0.1) is 6.61 Å². The maximum absolute atomic E-state index is 11.7. The van der Waals surface area contributed by atoms with E-state index in [1.54, 1.807) is 6.92 Å². The summed E-state index contributed by atoms with van der Waals surface area (Å²) in [4.78, 5) is 14.1. The van der Waals surface area contributed by atoms with Gasteiger partial charge in [-0.05, 0) is 39.9 Å². The van der Waals surface area contributed by atoms with Crippen molar-refractivity contribution < 1.29 is 9.53 Å². The summed E-state index contributed by atoms with van der Waals surface area (Å²) in [6.45, 7) is 12.1. The standard InChI is InChI=1S/C13H24N4O2/c1-5-16(6-2)9-8-10-17-11(4)14-15-12(17)13(18)19-7-3/h5-10H2,1-4H3. The van der Waals surface area contributed by atoms with E-state index >= 15 is 0 Å². The molecule has 0 fully saturated rings. The van der Waals surface area contributed by atoms with Gasteiger partial charge in [-0.1, -0.05) is 13.8 Å². The van der Waals surface area contributed by atoms with E-state index in [0.717, 1.165) is 38.4 Å². The molecule has 0 atom stereocenters. The maximum Gasteiger partial charge on any atom is 0.376 e. The van der Waals surface area contributed by atoms with Gasteiger partial charge in [-0.3, -0.25) is 0 Å². The second-order valence-electron chi connectivity index (χ2n) is 4.32. The second kappa shape index (κ2) is 7.89. The van der Waals surface area contributed by atoms with Gasteiger partial charge < -0.3 is 14.2 Å². The molecule has 0 bridgehead atoms. The number of esters is 1. The molecule has 0 saturated heterocycles. The highest BCUT2D eigenvalue weighted by Crippen LogP contribution is 2.05. The first-order chi connectivity index (χ1) is 9.13. The minimum Gasteiger partial charge on any atom is -0.460 e. The highest BCUT2D eigenvalue weighted by atomic mass is 16.5. The van der Waals surface area contributed by atoms with E-state index in [4.69, 9.17) is 4.74 Å². The van der Waals surface area contributed by atoms with Gasteiger partial charge in [-0.2, -0.15) is 0 Å². The van der Waals surface area contributed by atoms with E-state index in [1.807, 2.05) is 11.5 Å². The summed E-state index contributed by atoms with van der Waals surface area (Å²) < 4.78 is 6.81. The summed E-state index contributed by atoms with van der Waals surface area (Å²) in [5, 5.41) is 7.85. The topological polar surface area (TPSA) is 60.2 Å². The Labute approximate surface area is 114 Å². The highest BCUT2D eigenvalue weighted by molar-refractivity contribution is 5.85. The minimum atomic E-state index is -0.397. The first kappa shape index (κ1) is 15.6. The summed E-state index contributed by atoms with van der Waals surface area (Å²) in [6, 6.07) is 0. The van der Waals surface area contributed by atoms with Crippen LogP contribution >= 0.6 is 0 Å². The fourth-order valence-electron chi connectivity index (χ4n) is 1.99. The van der Waals surface area contributed by atoms with Crippen molar-refractivity contribution in [3.8, 4) is 0 Å². The van der Waals surface area contributed by atoms with Crippen LogP contribution in [0.1, 0.15) is 43.6 Å². The van der Waals surface area contributed by atoms with Crippen molar-refractivity contribution in [1.82, 2.24) is 19.7 Å².